The van der Waals surface area contributed by atoms with Gasteiger partial charge in [-0.1, -0.05) is 70.8 Å². The molecular weight excluding hydrogens is 708 g/mol. The van der Waals surface area contributed by atoms with Gasteiger partial charge in [-0.25, -0.2) is 0 Å². The Balaban J connectivity index is 1.24. The molecule has 7 nitrogen and oxygen atoms in total. The van der Waals surface area contributed by atoms with Crippen molar-refractivity contribution in [3.05, 3.63) is 46.0 Å². The first-order valence-electron chi connectivity index (χ1n) is 21.5. The molecule has 0 radical (unpaired) electrons. The van der Waals surface area contributed by atoms with Crippen molar-refractivity contribution in [1.82, 2.24) is 9.80 Å². The molecule has 0 amide bonds. The van der Waals surface area contributed by atoms with Gasteiger partial charge in [0.15, 0.2) is 5.78 Å². The Morgan fingerprint density at radius 1 is 0.945 bits per heavy atom. The zero-order valence-electron chi connectivity index (χ0n) is 35.7. The van der Waals surface area contributed by atoms with Crippen LogP contribution in [0.2, 0.25) is 5.02 Å². The van der Waals surface area contributed by atoms with Gasteiger partial charge in [0.1, 0.15) is 6.10 Å². The standard InChI is InChI=1S/C47H71ClN2O5/c1-30(2)40-36(51)27-47(23-24-50(26-25-49(9)10)29-32-11-13-33(48)14-12-32)22-21-45(7)35(41(40)47)15-16-38-44(6)19-18-37(31(3)34(44)17-20-46(38,45)8)55-39(52)28-43(4,5)42(53)54/h11-14,30-31,34-35,37-38H,15-29H2,1-10H3,(H,53,54)/t31-,34+,35-,37+,38-,44+,45-,46-,47-/m1/s1. The number of benzene rings is 1. The van der Waals surface area contributed by atoms with Crippen LogP contribution >= 0.6 is 11.6 Å². The smallest absolute Gasteiger partial charge is 0.309 e. The molecule has 306 valence electrons. The molecule has 8 heteroatoms. The van der Waals surface area contributed by atoms with Crippen LogP contribution in [-0.2, 0) is 25.7 Å². The number of halogens is 1. The molecule has 9 atom stereocenters. The summed E-state index contributed by atoms with van der Waals surface area (Å²) in [5.74, 6) is 0.948. The number of carbonyl (C=O) groups excluding carboxylic acids is 2. The van der Waals surface area contributed by atoms with Crippen LogP contribution in [0.25, 0.3) is 0 Å². The Hall–Kier alpha value is -2.22. The number of carbonyl (C=O) groups is 3. The molecule has 0 heterocycles. The molecule has 5 aliphatic carbocycles. The molecular formula is C47H71ClN2O5. The minimum Gasteiger partial charge on any atom is -0.481 e. The van der Waals surface area contributed by atoms with Crippen LogP contribution < -0.4 is 0 Å². The fourth-order valence-corrected chi connectivity index (χ4v) is 13.4. The van der Waals surface area contributed by atoms with E-state index in [0.29, 0.717) is 30.0 Å². The summed E-state index contributed by atoms with van der Waals surface area (Å²) in [5, 5.41) is 10.4. The topological polar surface area (TPSA) is 87.2 Å². The van der Waals surface area contributed by atoms with Gasteiger partial charge < -0.3 is 14.7 Å². The number of ketones is 1. The molecule has 1 aromatic rings. The molecule has 0 saturated heterocycles. The SMILES string of the molecule is CC(C)C1=C2[C@H]3CC[C@@H]4[C@@]5(C)CC[C@H](OC(=O)CC(C)(C)C(=O)O)[C@H](C)[C@@H]5CC[C@@]4(C)[C@]3(C)CC[C@@]2(CCN(CCN(C)C)Cc2ccc(Cl)cc2)CC1=O. The Morgan fingerprint density at radius 2 is 1.64 bits per heavy atom. The van der Waals surface area contributed by atoms with E-state index in [-0.39, 0.29) is 46.0 Å². The van der Waals surface area contributed by atoms with E-state index in [9.17, 15) is 19.5 Å². The summed E-state index contributed by atoms with van der Waals surface area (Å²) in [7, 11) is 4.29. The molecule has 4 saturated carbocycles. The lowest BCUT2D eigenvalue weighted by molar-refractivity contribution is -0.216. The van der Waals surface area contributed by atoms with Crippen molar-refractivity contribution in [2.24, 2.45) is 56.7 Å². The predicted octanol–water partition coefficient (Wildman–Crippen LogP) is 10.1. The highest BCUT2D eigenvalue weighted by molar-refractivity contribution is 6.30. The van der Waals surface area contributed by atoms with Gasteiger partial charge in [-0.15, -0.1) is 0 Å². The van der Waals surface area contributed by atoms with Crippen molar-refractivity contribution in [2.75, 3.05) is 33.7 Å². The van der Waals surface area contributed by atoms with Crippen LogP contribution in [0.1, 0.15) is 132 Å². The molecule has 5 aliphatic rings. The minimum absolute atomic E-state index is 0.0623. The number of fused-ring (bicyclic) bond motifs is 7. The van der Waals surface area contributed by atoms with Crippen molar-refractivity contribution in [3.63, 3.8) is 0 Å². The number of likely N-dealkylation sites (N-methyl/N-ethyl adjacent to an activating group) is 1. The summed E-state index contributed by atoms with van der Waals surface area (Å²) in [5.41, 5.74) is 3.20. The maximum atomic E-state index is 14.2. The van der Waals surface area contributed by atoms with Crippen molar-refractivity contribution in [2.45, 2.75) is 139 Å². The van der Waals surface area contributed by atoms with Gasteiger partial charge in [0.2, 0.25) is 0 Å². The molecule has 55 heavy (non-hydrogen) atoms. The van der Waals surface area contributed by atoms with E-state index in [0.717, 1.165) is 88.1 Å². The normalized spacial score (nSPS) is 36.1. The van der Waals surface area contributed by atoms with Crippen LogP contribution in [0.3, 0.4) is 0 Å². The van der Waals surface area contributed by atoms with Crippen LogP contribution in [0.15, 0.2) is 35.4 Å². The Labute approximate surface area is 337 Å². The van der Waals surface area contributed by atoms with Crippen molar-refractivity contribution >= 4 is 29.3 Å². The molecule has 0 spiro atoms. The van der Waals surface area contributed by atoms with E-state index in [1.165, 1.54) is 12.0 Å². The van der Waals surface area contributed by atoms with Gasteiger partial charge >= 0.3 is 11.9 Å². The second-order valence-corrected chi connectivity index (χ2v) is 21.2. The highest BCUT2D eigenvalue weighted by Gasteiger charge is 2.69. The Kier molecular flexibility index (Phi) is 12.0. The summed E-state index contributed by atoms with van der Waals surface area (Å²) in [6.07, 6.45) is 10.1. The van der Waals surface area contributed by atoms with E-state index in [2.05, 4.69) is 77.6 Å². The van der Waals surface area contributed by atoms with Crippen LogP contribution in [0.4, 0.5) is 0 Å². The lowest BCUT2D eigenvalue weighted by Crippen LogP contribution is -2.64. The average molecular weight is 780 g/mol. The van der Waals surface area contributed by atoms with Gasteiger partial charge in [-0.2, -0.15) is 0 Å². The molecule has 4 fully saturated rings. The highest BCUT2D eigenvalue weighted by Crippen LogP contribution is 2.76. The van der Waals surface area contributed by atoms with Gasteiger partial charge in [0, 0.05) is 36.5 Å². The average Bonchev–Trinajstić information content (AvgIpc) is 3.40. The number of carboxylic acids is 1. The quantitative estimate of drug-likeness (QED) is 0.200. The number of allylic oxidation sites excluding steroid dienone is 2. The van der Waals surface area contributed by atoms with Crippen molar-refractivity contribution in [1.29, 1.82) is 0 Å². The van der Waals surface area contributed by atoms with E-state index in [1.807, 2.05) is 12.1 Å². The fourth-order valence-electron chi connectivity index (χ4n) is 13.3. The van der Waals surface area contributed by atoms with E-state index < -0.39 is 17.4 Å². The predicted molar refractivity (Wildman–Crippen MR) is 221 cm³/mol. The summed E-state index contributed by atoms with van der Waals surface area (Å²) in [6.45, 7) is 21.6. The van der Waals surface area contributed by atoms with E-state index >= 15 is 0 Å². The van der Waals surface area contributed by atoms with Crippen LogP contribution in [0, 0.1) is 56.7 Å². The summed E-state index contributed by atoms with van der Waals surface area (Å²) >= 11 is 6.25. The monoisotopic (exact) mass is 779 g/mol. The Morgan fingerprint density at radius 3 is 2.27 bits per heavy atom. The fraction of sp³-hybridized carbons (Fsp3) is 0.766. The maximum Gasteiger partial charge on any atom is 0.309 e. The number of Topliss-reactive ketones (excluding diaryl/α,β-unsaturated/α-hetero) is 1. The zero-order valence-corrected chi connectivity index (χ0v) is 36.5. The first-order valence-corrected chi connectivity index (χ1v) is 21.9. The minimum atomic E-state index is -1.14. The number of ether oxygens (including phenoxy) is 1. The number of aliphatic carboxylic acids is 1. The summed E-state index contributed by atoms with van der Waals surface area (Å²) in [6, 6.07) is 8.27. The summed E-state index contributed by atoms with van der Waals surface area (Å²) in [4.78, 5) is 43.9. The second kappa shape index (κ2) is 15.5. The second-order valence-electron chi connectivity index (χ2n) is 20.8. The lowest BCUT2D eigenvalue weighted by atomic mass is 9.34. The number of rotatable bonds is 13. The molecule has 6 rings (SSSR count). The first-order chi connectivity index (χ1) is 25.7. The van der Waals surface area contributed by atoms with Crippen LogP contribution in [-0.4, -0.2) is 72.5 Å². The summed E-state index contributed by atoms with van der Waals surface area (Å²) < 4.78 is 6.11. The molecule has 0 aliphatic heterocycles. The third-order valence-electron chi connectivity index (χ3n) is 16.6. The highest BCUT2D eigenvalue weighted by atomic mass is 35.5. The van der Waals surface area contributed by atoms with E-state index in [4.69, 9.17) is 16.3 Å². The van der Waals surface area contributed by atoms with Gasteiger partial charge in [-0.3, -0.25) is 19.3 Å². The maximum absolute atomic E-state index is 14.2. The Bertz CT molecular complexity index is 1650. The molecule has 0 aromatic heterocycles. The van der Waals surface area contributed by atoms with Gasteiger partial charge in [-0.05, 0) is 161 Å². The lowest BCUT2D eigenvalue weighted by Gasteiger charge is -2.71. The van der Waals surface area contributed by atoms with Crippen molar-refractivity contribution < 1.29 is 24.2 Å². The van der Waals surface area contributed by atoms with E-state index in [1.54, 1.807) is 19.4 Å². The number of hydrogen-bond donors (Lipinski definition) is 1. The number of hydrogen-bond acceptors (Lipinski definition) is 6. The molecule has 0 unspecified atom stereocenters. The number of carboxylic acid groups (broad SMARTS) is 1. The number of nitrogens with zero attached hydrogens (tertiary/aromatic N) is 2. The first kappa shape index (κ1) is 42.4. The largest absolute Gasteiger partial charge is 0.481 e. The van der Waals surface area contributed by atoms with Gasteiger partial charge in [0.25, 0.3) is 0 Å². The third kappa shape index (κ3) is 7.62. The molecule has 0 bridgehead atoms. The van der Waals surface area contributed by atoms with Crippen LogP contribution in [0.5, 0.6) is 0 Å². The number of esters is 1. The third-order valence-corrected chi connectivity index (χ3v) is 16.9. The van der Waals surface area contributed by atoms with Gasteiger partial charge in [0.05, 0.1) is 11.8 Å². The molecule has 1 N–H and O–H groups in total. The zero-order chi connectivity index (χ0) is 40.3. The van der Waals surface area contributed by atoms with Crippen molar-refractivity contribution in [3.8, 4) is 0 Å². The molecule has 1 aromatic carbocycles.